The van der Waals surface area contributed by atoms with Gasteiger partial charge in [0.2, 0.25) is 0 Å². The molecular formula is C22H20OS. The molecule has 1 aliphatic rings. The lowest BCUT2D eigenvalue weighted by Crippen LogP contribution is -2.00. The number of hydrogen-bond acceptors (Lipinski definition) is 1. The van der Waals surface area contributed by atoms with Crippen LogP contribution in [-0.4, -0.2) is 10.5 Å². The molecule has 24 heavy (non-hydrogen) atoms. The van der Waals surface area contributed by atoms with Crippen molar-refractivity contribution < 1.29 is 4.21 Å². The van der Waals surface area contributed by atoms with Gasteiger partial charge in [-0.2, -0.15) is 0 Å². The molecular weight excluding hydrogens is 312 g/mol. The first-order chi connectivity index (χ1) is 11.6. The van der Waals surface area contributed by atoms with Gasteiger partial charge in [-0.25, -0.2) is 0 Å². The van der Waals surface area contributed by atoms with Gasteiger partial charge in [0.1, 0.15) is 0 Å². The molecule has 0 fully saturated rings. The monoisotopic (exact) mass is 332 g/mol. The minimum Gasteiger partial charge on any atom is -0.255 e. The van der Waals surface area contributed by atoms with Crippen molar-refractivity contribution in [1.82, 2.24) is 0 Å². The van der Waals surface area contributed by atoms with E-state index in [0.29, 0.717) is 0 Å². The Balaban J connectivity index is 1.82. The van der Waals surface area contributed by atoms with Crippen molar-refractivity contribution in [2.45, 2.75) is 24.7 Å². The van der Waals surface area contributed by atoms with Gasteiger partial charge in [0.05, 0.1) is 10.8 Å². The first-order valence-electron chi connectivity index (χ1n) is 8.26. The van der Waals surface area contributed by atoms with Gasteiger partial charge in [0.25, 0.3) is 0 Å². The quantitative estimate of drug-likeness (QED) is 0.656. The summed E-state index contributed by atoms with van der Waals surface area (Å²) in [5.41, 5.74) is 6.39. The molecule has 3 aromatic rings. The zero-order valence-corrected chi connectivity index (χ0v) is 14.8. The summed E-state index contributed by atoms with van der Waals surface area (Å²) in [7, 11) is -0.960. The van der Waals surface area contributed by atoms with Crippen molar-refractivity contribution in [1.29, 1.82) is 0 Å². The van der Waals surface area contributed by atoms with Crippen LogP contribution >= 0.6 is 0 Å². The predicted molar refractivity (Wildman–Crippen MR) is 103 cm³/mol. The summed E-state index contributed by atoms with van der Waals surface area (Å²) >= 11 is 0. The Bertz CT molecular complexity index is 998. The SMILES string of the molecule is Cc1ccc(S(C)=O)c(Cc2cc3c4c(cccc4c2)C=CC3)c1. The van der Waals surface area contributed by atoms with Gasteiger partial charge in [-0.15, -0.1) is 0 Å². The molecule has 2 heteroatoms. The Kier molecular flexibility index (Phi) is 3.85. The lowest BCUT2D eigenvalue weighted by Gasteiger charge is -2.16. The van der Waals surface area contributed by atoms with Crippen molar-refractivity contribution in [3.63, 3.8) is 0 Å². The molecule has 0 heterocycles. The summed E-state index contributed by atoms with van der Waals surface area (Å²) in [5.74, 6) is 0. The minimum atomic E-state index is -0.960. The Morgan fingerprint density at radius 2 is 1.96 bits per heavy atom. The molecule has 1 aliphatic carbocycles. The van der Waals surface area contributed by atoms with Crippen molar-refractivity contribution >= 4 is 27.6 Å². The van der Waals surface area contributed by atoms with E-state index >= 15 is 0 Å². The Labute approximate surface area is 145 Å². The van der Waals surface area contributed by atoms with E-state index in [1.165, 1.54) is 38.6 Å². The predicted octanol–water partition coefficient (Wildman–Crippen LogP) is 5.05. The van der Waals surface area contributed by atoms with Crippen molar-refractivity contribution in [2.75, 3.05) is 6.26 Å². The third-order valence-corrected chi connectivity index (χ3v) is 5.72. The molecule has 0 radical (unpaired) electrons. The van der Waals surface area contributed by atoms with Gasteiger partial charge >= 0.3 is 0 Å². The van der Waals surface area contributed by atoms with E-state index in [4.69, 9.17) is 0 Å². The molecule has 120 valence electrons. The number of rotatable bonds is 3. The van der Waals surface area contributed by atoms with E-state index in [2.05, 4.69) is 55.5 Å². The van der Waals surface area contributed by atoms with Gasteiger partial charge in [-0.05, 0) is 58.9 Å². The zero-order valence-electron chi connectivity index (χ0n) is 14.0. The van der Waals surface area contributed by atoms with E-state index in [9.17, 15) is 4.21 Å². The van der Waals surface area contributed by atoms with Gasteiger partial charge < -0.3 is 0 Å². The van der Waals surface area contributed by atoms with Gasteiger partial charge in [-0.1, -0.05) is 60.2 Å². The number of hydrogen-bond donors (Lipinski definition) is 0. The van der Waals surface area contributed by atoms with E-state index < -0.39 is 10.8 Å². The first-order valence-corrected chi connectivity index (χ1v) is 9.81. The van der Waals surface area contributed by atoms with Crippen LogP contribution in [0.4, 0.5) is 0 Å². The number of aryl methyl sites for hydroxylation is 1. The molecule has 0 saturated carbocycles. The second-order valence-electron chi connectivity index (χ2n) is 6.55. The number of benzene rings is 3. The molecule has 0 bridgehead atoms. The van der Waals surface area contributed by atoms with Crippen molar-refractivity contribution in [2.24, 2.45) is 0 Å². The lowest BCUT2D eigenvalue weighted by atomic mass is 9.90. The van der Waals surface area contributed by atoms with E-state index in [0.717, 1.165) is 17.7 Å². The maximum absolute atomic E-state index is 12.1. The second-order valence-corrected chi connectivity index (χ2v) is 7.90. The number of allylic oxidation sites excluding steroid dienone is 1. The van der Waals surface area contributed by atoms with Crippen LogP contribution in [0.5, 0.6) is 0 Å². The molecule has 4 rings (SSSR count). The van der Waals surface area contributed by atoms with E-state index in [1.807, 2.05) is 12.1 Å². The van der Waals surface area contributed by atoms with Gasteiger partial charge in [0, 0.05) is 11.2 Å². The second kappa shape index (κ2) is 6.03. The Morgan fingerprint density at radius 3 is 2.79 bits per heavy atom. The largest absolute Gasteiger partial charge is 0.255 e. The van der Waals surface area contributed by atoms with Crippen molar-refractivity contribution in [3.05, 3.63) is 82.4 Å². The van der Waals surface area contributed by atoms with Crippen molar-refractivity contribution in [3.8, 4) is 0 Å². The van der Waals surface area contributed by atoms with Crippen LogP contribution < -0.4 is 0 Å². The fraction of sp³-hybridized carbons (Fsp3) is 0.182. The van der Waals surface area contributed by atoms with Gasteiger partial charge in [0.15, 0.2) is 0 Å². The maximum Gasteiger partial charge on any atom is 0.0501 e. The minimum absolute atomic E-state index is 0.827. The highest BCUT2D eigenvalue weighted by molar-refractivity contribution is 7.84. The summed E-state index contributed by atoms with van der Waals surface area (Å²) in [5, 5.41) is 2.68. The molecule has 0 aliphatic heterocycles. The Morgan fingerprint density at radius 1 is 1.08 bits per heavy atom. The summed E-state index contributed by atoms with van der Waals surface area (Å²) in [6.45, 7) is 2.09. The van der Waals surface area contributed by atoms with Crippen LogP contribution in [0, 0.1) is 6.92 Å². The Hall–Kier alpha value is -2.19. The highest BCUT2D eigenvalue weighted by Gasteiger charge is 2.12. The standard InChI is InChI=1S/C22H20OS/c1-15-9-10-21(24(2)23)20(11-15)14-16-12-18-7-3-5-17-6-4-8-19(13-16)22(17)18/h3-7,9-13H,8,14H2,1-2H3. The average Bonchev–Trinajstić information content (AvgIpc) is 2.55. The summed E-state index contributed by atoms with van der Waals surface area (Å²) in [4.78, 5) is 0.947. The summed E-state index contributed by atoms with van der Waals surface area (Å²) in [6, 6.07) is 17.3. The van der Waals surface area contributed by atoms with Gasteiger partial charge in [-0.3, -0.25) is 4.21 Å². The molecule has 0 amide bonds. The van der Waals surface area contributed by atoms with Crippen LogP contribution in [0.3, 0.4) is 0 Å². The first kappa shape index (κ1) is 15.3. The lowest BCUT2D eigenvalue weighted by molar-refractivity contribution is 0.686. The molecule has 1 atom stereocenters. The third-order valence-electron chi connectivity index (χ3n) is 4.71. The fourth-order valence-corrected chi connectivity index (χ4v) is 4.44. The zero-order chi connectivity index (χ0) is 16.7. The van der Waals surface area contributed by atoms with Crippen LogP contribution in [0.2, 0.25) is 0 Å². The van der Waals surface area contributed by atoms with Crippen LogP contribution in [-0.2, 0) is 23.6 Å². The summed E-state index contributed by atoms with van der Waals surface area (Å²) in [6.07, 6.45) is 8.03. The molecule has 1 unspecified atom stereocenters. The molecule has 1 nitrogen and oxygen atoms in total. The highest BCUT2D eigenvalue weighted by atomic mass is 32.2. The third kappa shape index (κ3) is 2.71. The molecule has 0 spiro atoms. The molecule has 0 N–H and O–H groups in total. The van der Waals surface area contributed by atoms with Crippen LogP contribution in [0.25, 0.3) is 16.8 Å². The van der Waals surface area contributed by atoms with E-state index in [1.54, 1.807) is 6.26 Å². The topological polar surface area (TPSA) is 17.1 Å². The molecule has 0 aromatic heterocycles. The fourth-order valence-electron chi connectivity index (χ4n) is 3.68. The van der Waals surface area contributed by atoms with Crippen LogP contribution in [0.15, 0.2) is 59.5 Å². The highest BCUT2D eigenvalue weighted by Crippen LogP contribution is 2.31. The smallest absolute Gasteiger partial charge is 0.0501 e. The van der Waals surface area contributed by atoms with E-state index in [-0.39, 0.29) is 0 Å². The molecule has 0 saturated heterocycles. The normalized spacial score (nSPS) is 14.1. The maximum atomic E-state index is 12.1. The average molecular weight is 332 g/mol. The van der Waals surface area contributed by atoms with Crippen LogP contribution in [0.1, 0.15) is 27.8 Å². The molecule has 3 aromatic carbocycles. The summed E-state index contributed by atoms with van der Waals surface area (Å²) < 4.78 is 12.1.